The van der Waals surface area contributed by atoms with Gasteiger partial charge in [-0.05, 0) is 73.3 Å². The smallest absolute Gasteiger partial charge is 0.273 e. The van der Waals surface area contributed by atoms with E-state index in [-0.39, 0.29) is 28.9 Å². The van der Waals surface area contributed by atoms with Gasteiger partial charge >= 0.3 is 0 Å². The number of hydrogen-bond acceptors (Lipinski definition) is 8. The molecule has 1 aliphatic heterocycles. The van der Waals surface area contributed by atoms with Crippen LogP contribution in [0.2, 0.25) is 0 Å². The molecule has 0 radical (unpaired) electrons. The lowest BCUT2D eigenvalue weighted by Crippen LogP contribution is -2.45. The zero-order valence-electron chi connectivity index (χ0n) is 20.7. The zero-order valence-corrected chi connectivity index (χ0v) is 21.5. The first-order valence-electron chi connectivity index (χ1n) is 12.1. The van der Waals surface area contributed by atoms with Gasteiger partial charge < -0.3 is 26.3 Å². The minimum atomic E-state index is -1.22. The maximum Gasteiger partial charge on any atom is 0.273 e. The van der Waals surface area contributed by atoms with E-state index in [4.69, 9.17) is 20.9 Å². The lowest BCUT2D eigenvalue weighted by Gasteiger charge is -2.31. The highest BCUT2D eigenvalue weighted by molar-refractivity contribution is 7.09. The van der Waals surface area contributed by atoms with Crippen molar-refractivity contribution in [2.24, 2.45) is 5.73 Å². The number of primary amides is 1. The summed E-state index contributed by atoms with van der Waals surface area (Å²) in [4.78, 5) is 40.6. The monoisotopic (exact) mass is 541 g/mol. The largest absolute Gasteiger partial charge is 0.494 e. The summed E-state index contributed by atoms with van der Waals surface area (Å²) in [5.41, 5.74) is 11.7. The number of nitrogen functional groups attached to an aromatic ring is 1. The maximum absolute atomic E-state index is 14.0. The van der Waals surface area contributed by atoms with Gasteiger partial charge in [0.25, 0.3) is 11.8 Å². The van der Waals surface area contributed by atoms with E-state index < -0.39 is 29.6 Å². The number of hydrogen-bond donors (Lipinski definition) is 3. The van der Waals surface area contributed by atoms with E-state index in [0.717, 1.165) is 12.8 Å². The number of aromatic nitrogens is 1. The van der Waals surface area contributed by atoms with Crippen LogP contribution in [0, 0.1) is 5.82 Å². The number of amides is 3. The topological polar surface area (TPSA) is 150 Å². The van der Waals surface area contributed by atoms with Crippen molar-refractivity contribution in [1.82, 2.24) is 9.69 Å². The summed E-state index contributed by atoms with van der Waals surface area (Å²) in [5, 5.41) is 2.87. The quantitative estimate of drug-likeness (QED) is 0.357. The number of anilines is 2. The van der Waals surface area contributed by atoms with Gasteiger partial charge in [0.1, 0.15) is 22.5 Å². The Kier molecular flexibility index (Phi) is 8.54. The standard InChI is InChI=1S/C26H28FN5O5S/c1-2-36-18-11-9-17(10-12-18)32(26(35)23-20(28)21(24(29)33)31-38-23)22(15-5-7-16(27)8-6-15)25(34)30-14-19-4-3-13-37-19/h5-12,19,22H,2-4,13-14,28H2,1H3,(H2,29,33)(H,30,34). The molecule has 3 amide bonds. The third-order valence-corrected chi connectivity index (χ3v) is 6.87. The Hall–Kier alpha value is -4.03. The van der Waals surface area contributed by atoms with Crippen molar-refractivity contribution < 1.29 is 28.2 Å². The van der Waals surface area contributed by atoms with Crippen molar-refractivity contribution in [3.05, 3.63) is 70.5 Å². The summed E-state index contributed by atoms with van der Waals surface area (Å²) >= 11 is 0.704. The maximum atomic E-state index is 14.0. The van der Waals surface area contributed by atoms with Crippen LogP contribution in [0.15, 0.2) is 48.5 Å². The van der Waals surface area contributed by atoms with Crippen LogP contribution >= 0.6 is 11.5 Å². The van der Waals surface area contributed by atoms with Crippen molar-refractivity contribution in [1.29, 1.82) is 0 Å². The molecule has 0 spiro atoms. The molecule has 2 unspecified atom stereocenters. The molecule has 200 valence electrons. The first kappa shape index (κ1) is 27.0. The molecular weight excluding hydrogens is 513 g/mol. The minimum absolute atomic E-state index is 0.0632. The average Bonchev–Trinajstić information content (AvgIpc) is 3.57. The van der Waals surface area contributed by atoms with Crippen molar-refractivity contribution in [3.63, 3.8) is 0 Å². The number of nitrogens with zero attached hydrogens (tertiary/aromatic N) is 2. The summed E-state index contributed by atoms with van der Waals surface area (Å²) in [6.45, 7) is 3.15. The minimum Gasteiger partial charge on any atom is -0.494 e. The molecule has 1 aromatic heterocycles. The molecule has 0 bridgehead atoms. The number of carbonyl (C=O) groups excluding carboxylic acids is 3. The SMILES string of the molecule is CCOc1ccc(N(C(=O)c2snc(C(N)=O)c2N)C(C(=O)NCC2CCCO2)c2ccc(F)cc2)cc1. The van der Waals surface area contributed by atoms with Crippen LogP contribution < -0.4 is 26.4 Å². The second kappa shape index (κ2) is 12.0. The van der Waals surface area contributed by atoms with E-state index in [2.05, 4.69) is 9.69 Å². The highest BCUT2D eigenvalue weighted by Gasteiger charge is 2.36. The predicted octanol–water partition coefficient (Wildman–Crippen LogP) is 3.05. The Bertz CT molecular complexity index is 1290. The Balaban J connectivity index is 1.80. The molecule has 38 heavy (non-hydrogen) atoms. The van der Waals surface area contributed by atoms with Gasteiger partial charge in [-0.2, -0.15) is 4.37 Å². The Morgan fingerprint density at radius 3 is 2.50 bits per heavy atom. The molecule has 4 rings (SSSR count). The first-order chi connectivity index (χ1) is 18.3. The fourth-order valence-electron chi connectivity index (χ4n) is 4.17. The molecular formula is C26H28FN5O5S. The number of ether oxygens (including phenoxy) is 2. The number of rotatable bonds is 10. The fourth-order valence-corrected chi connectivity index (χ4v) is 4.91. The Morgan fingerprint density at radius 2 is 1.92 bits per heavy atom. The van der Waals surface area contributed by atoms with E-state index in [1.807, 2.05) is 6.92 Å². The van der Waals surface area contributed by atoms with Gasteiger partial charge in [-0.15, -0.1) is 0 Å². The molecule has 1 aliphatic rings. The van der Waals surface area contributed by atoms with E-state index in [1.54, 1.807) is 24.3 Å². The Morgan fingerprint density at radius 1 is 1.21 bits per heavy atom. The number of halogens is 1. The summed E-state index contributed by atoms with van der Waals surface area (Å²) < 4.78 is 28.9. The molecule has 3 aromatic rings. The fraction of sp³-hybridized carbons (Fsp3) is 0.308. The lowest BCUT2D eigenvalue weighted by atomic mass is 10.0. The van der Waals surface area contributed by atoms with E-state index >= 15 is 0 Å². The van der Waals surface area contributed by atoms with Crippen LogP contribution in [0.4, 0.5) is 15.8 Å². The van der Waals surface area contributed by atoms with Crippen LogP contribution in [-0.4, -0.2) is 48.0 Å². The van der Waals surface area contributed by atoms with Crippen molar-refractivity contribution in [2.45, 2.75) is 31.9 Å². The van der Waals surface area contributed by atoms with Crippen LogP contribution in [0.3, 0.4) is 0 Å². The summed E-state index contributed by atoms with van der Waals surface area (Å²) in [7, 11) is 0. The molecule has 1 saturated heterocycles. The van der Waals surface area contributed by atoms with Gasteiger partial charge in [-0.3, -0.25) is 19.3 Å². The first-order valence-corrected chi connectivity index (χ1v) is 12.8. The second-order valence-corrected chi connectivity index (χ2v) is 9.35. The number of nitrogens with one attached hydrogen (secondary N) is 1. The van der Waals surface area contributed by atoms with E-state index in [1.165, 1.54) is 29.2 Å². The number of benzene rings is 2. The van der Waals surface area contributed by atoms with Crippen molar-refractivity contribution in [2.75, 3.05) is 30.4 Å². The summed E-state index contributed by atoms with van der Waals surface area (Å²) in [6, 6.07) is 10.6. The van der Waals surface area contributed by atoms with Crippen LogP contribution in [0.25, 0.3) is 0 Å². The summed E-state index contributed by atoms with van der Waals surface area (Å²) in [6.07, 6.45) is 1.56. The van der Waals surface area contributed by atoms with E-state index in [9.17, 15) is 18.8 Å². The zero-order chi connectivity index (χ0) is 27.2. The van der Waals surface area contributed by atoms with Crippen LogP contribution in [0.1, 0.15) is 51.5 Å². The van der Waals surface area contributed by atoms with Crippen LogP contribution in [0.5, 0.6) is 5.75 Å². The van der Waals surface area contributed by atoms with Crippen molar-refractivity contribution >= 4 is 40.6 Å². The number of nitrogens with two attached hydrogens (primary N) is 2. The highest BCUT2D eigenvalue weighted by Crippen LogP contribution is 2.34. The summed E-state index contributed by atoms with van der Waals surface area (Å²) in [5.74, 6) is -2.00. The molecule has 0 aliphatic carbocycles. The normalized spacial score (nSPS) is 15.6. The molecule has 0 saturated carbocycles. The van der Waals surface area contributed by atoms with E-state index in [0.29, 0.717) is 41.7 Å². The molecule has 5 N–H and O–H groups in total. The predicted molar refractivity (Wildman–Crippen MR) is 141 cm³/mol. The van der Waals surface area contributed by atoms with Gasteiger partial charge in [0.05, 0.1) is 18.4 Å². The van der Waals surface area contributed by atoms with Gasteiger partial charge in [0.15, 0.2) is 5.69 Å². The lowest BCUT2D eigenvalue weighted by molar-refractivity contribution is -0.123. The van der Waals surface area contributed by atoms with Gasteiger partial charge in [0, 0.05) is 18.8 Å². The van der Waals surface area contributed by atoms with Gasteiger partial charge in [0.2, 0.25) is 5.91 Å². The molecule has 12 heteroatoms. The highest BCUT2D eigenvalue weighted by atomic mass is 32.1. The van der Waals surface area contributed by atoms with Gasteiger partial charge in [-0.25, -0.2) is 4.39 Å². The molecule has 1 fully saturated rings. The van der Waals surface area contributed by atoms with Crippen molar-refractivity contribution in [3.8, 4) is 5.75 Å². The molecule has 2 atom stereocenters. The van der Waals surface area contributed by atoms with Crippen LogP contribution in [-0.2, 0) is 9.53 Å². The molecule has 2 heterocycles. The third-order valence-electron chi connectivity index (χ3n) is 6.02. The number of carbonyl (C=O) groups is 3. The molecule has 2 aromatic carbocycles. The third kappa shape index (κ3) is 5.92. The Labute approximate surface area is 222 Å². The average molecular weight is 542 g/mol. The second-order valence-electron chi connectivity index (χ2n) is 8.57. The van der Waals surface area contributed by atoms with Gasteiger partial charge in [-0.1, -0.05) is 12.1 Å². The molecule has 10 nitrogen and oxygen atoms in total.